The maximum absolute atomic E-state index is 10.9. The molecule has 8 nitrogen and oxygen atoms in total. The van der Waals surface area contributed by atoms with Gasteiger partial charge in [-0.3, -0.25) is 4.79 Å². The molecule has 0 aromatic heterocycles. The van der Waals surface area contributed by atoms with Gasteiger partial charge in [-0.2, -0.15) is 0 Å². The van der Waals surface area contributed by atoms with Gasteiger partial charge in [0.1, 0.15) is 30.2 Å². The molecule has 1 aromatic carbocycles. The van der Waals surface area contributed by atoms with Crippen molar-refractivity contribution in [1.82, 2.24) is 0 Å². The molecule has 1 saturated heterocycles. The molecule has 1 unspecified atom stereocenters. The Morgan fingerprint density at radius 2 is 1.82 bits per heavy atom. The van der Waals surface area contributed by atoms with E-state index in [1.54, 1.807) is 24.3 Å². The summed E-state index contributed by atoms with van der Waals surface area (Å²) in [6.45, 7) is 0.866. The van der Waals surface area contributed by atoms with Crippen LogP contribution in [0.1, 0.15) is 6.92 Å². The number of amides is 1. The summed E-state index contributed by atoms with van der Waals surface area (Å²) < 4.78 is 10.6. The fourth-order valence-corrected chi connectivity index (χ4v) is 2.12. The van der Waals surface area contributed by atoms with Crippen LogP contribution in [-0.4, -0.2) is 63.6 Å². The number of hydrogen-bond donors (Lipinski definition) is 5. The summed E-state index contributed by atoms with van der Waals surface area (Å²) in [6.07, 6.45) is -6.64. The molecule has 0 spiro atoms. The predicted molar refractivity (Wildman–Crippen MR) is 75.1 cm³/mol. The first kappa shape index (κ1) is 16.7. The maximum atomic E-state index is 10.9. The van der Waals surface area contributed by atoms with Gasteiger partial charge in [0.15, 0.2) is 0 Å². The first-order chi connectivity index (χ1) is 10.4. The van der Waals surface area contributed by atoms with Gasteiger partial charge in [0.05, 0.1) is 6.61 Å². The van der Waals surface area contributed by atoms with Crippen LogP contribution in [0.3, 0.4) is 0 Å². The van der Waals surface area contributed by atoms with Crippen LogP contribution in [-0.2, 0) is 9.53 Å². The van der Waals surface area contributed by atoms with Crippen LogP contribution >= 0.6 is 0 Å². The molecule has 1 aliphatic heterocycles. The zero-order valence-electron chi connectivity index (χ0n) is 11.9. The predicted octanol–water partition coefficient (Wildman–Crippen LogP) is -1.18. The fraction of sp³-hybridized carbons (Fsp3) is 0.500. The second-order valence-corrected chi connectivity index (χ2v) is 5.02. The van der Waals surface area contributed by atoms with Crippen LogP contribution < -0.4 is 10.1 Å². The van der Waals surface area contributed by atoms with Gasteiger partial charge in [-0.05, 0) is 24.3 Å². The van der Waals surface area contributed by atoms with E-state index in [2.05, 4.69) is 5.32 Å². The molecule has 1 heterocycles. The van der Waals surface area contributed by atoms with Crippen molar-refractivity contribution in [2.75, 3.05) is 11.9 Å². The summed E-state index contributed by atoms with van der Waals surface area (Å²) in [6, 6.07) is 6.29. The highest BCUT2D eigenvalue weighted by Gasteiger charge is 2.44. The van der Waals surface area contributed by atoms with Gasteiger partial charge < -0.3 is 35.2 Å². The lowest BCUT2D eigenvalue weighted by Crippen LogP contribution is -2.60. The quantitative estimate of drug-likeness (QED) is 0.473. The molecule has 8 heteroatoms. The van der Waals surface area contributed by atoms with Gasteiger partial charge in [0.25, 0.3) is 0 Å². The van der Waals surface area contributed by atoms with Crippen LogP contribution in [0.25, 0.3) is 0 Å². The average molecular weight is 313 g/mol. The Morgan fingerprint density at radius 3 is 2.36 bits per heavy atom. The number of benzene rings is 1. The first-order valence-corrected chi connectivity index (χ1v) is 6.77. The lowest BCUT2D eigenvalue weighted by Gasteiger charge is -2.39. The minimum absolute atomic E-state index is 0.206. The van der Waals surface area contributed by atoms with E-state index in [0.29, 0.717) is 11.4 Å². The number of ether oxygens (including phenoxy) is 2. The molecule has 0 aliphatic carbocycles. The Labute approximate surface area is 126 Å². The fourth-order valence-electron chi connectivity index (χ4n) is 2.12. The van der Waals surface area contributed by atoms with E-state index in [1.807, 2.05) is 0 Å². The smallest absolute Gasteiger partial charge is 0.229 e. The third-order valence-electron chi connectivity index (χ3n) is 3.28. The van der Waals surface area contributed by atoms with Gasteiger partial charge in [0, 0.05) is 12.6 Å². The zero-order valence-corrected chi connectivity index (χ0v) is 11.9. The number of carbonyl (C=O) groups is 1. The topological polar surface area (TPSA) is 128 Å². The van der Waals surface area contributed by atoms with Crippen LogP contribution in [0.4, 0.5) is 5.69 Å². The van der Waals surface area contributed by atoms with Crippen molar-refractivity contribution >= 4 is 11.6 Å². The van der Waals surface area contributed by atoms with E-state index < -0.39 is 37.3 Å². The van der Waals surface area contributed by atoms with Gasteiger partial charge in [0.2, 0.25) is 12.2 Å². The largest absolute Gasteiger partial charge is 0.462 e. The van der Waals surface area contributed by atoms with Gasteiger partial charge >= 0.3 is 0 Å². The summed E-state index contributed by atoms with van der Waals surface area (Å²) in [5, 5.41) is 40.9. The van der Waals surface area contributed by atoms with Gasteiger partial charge in [-0.15, -0.1) is 0 Å². The van der Waals surface area contributed by atoms with Crippen LogP contribution in [0.15, 0.2) is 24.3 Å². The van der Waals surface area contributed by atoms with Crippen molar-refractivity contribution in [3.63, 3.8) is 0 Å². The van der Waals surface area contributed by atoms with Crippen molar-refractivity contribution in [2.24, 2.45) is 0 Å². The van der Waals surface area contributed by atoms with E-state index in [-0.39, 0.29) is 5.91 Å². The number of anilines is 1. The lowest BCUT2D eigenvalue weighted by atomic mass is 9.99. The molecule has 5 atom stereocenters. The SMILES string of the molecule is CC(=O)Nc1ccc(O[C@H]2O[C@H](CO)[C@@H](O)C(O)[C@@H]2O)cc1. The van der Waals surface area contributed by atoms with Gasteiger partial charge in [-0.1, -0.05) is 0 Å². The van der Waals surface area contributed by atoms with E-state index in [9.17, 15) is 20.1 Å². The molecule has 22 heavy (non-hydrogen) atoms. The molecule has 1 fully saturated rings. The van der Waals surface area contributed by atoms with Crippen LogP contribution in [0, 0.1) is 0 Å². The lowest BCUT2D eigenvalue weighted by molar-refractivity contribution is -0.277. The second kappa shape index (κ2) is 7.03. The highest BCUT2D eigenvalue weighted by Crippen LogP contribution is 2.25. The Morgan fingerprint density at radius 1 is 1.18 bits per heavy atom. The Kier molecular flexibility index (Phi) is 5.33. The number of hydrogen-bond acceptors (Lipinski definition) is 7. The number of carbonyl (C=O) groups excluding carboxylic acids is 1. The van der Waals surface area contributed by atoms with E-state index >= 15 is 0 Å². The summed E-state index contributed by atoms with van der Waals surface area (Å²) in [5.74, 6) is 0.126. The average Bonchev–Trinajstić information content (AvgIpc) is 2.49. The monoisotopic (exact) mass is 313 g/mol. The molecule has 122 valence electrons. The van der Waals surface area contributed by atoms with Crippen LogP contribution in [0.2, 0.25) is 0 Å². The summed E-state index contributed by atoms with van der Waals surface area (Å²) >= 11 is 0. The molecule has 0 saturated carbocycles. The standard InChI is InChI=1S/C14H19NO7/c1-7(17)15-8-2-4-9(5-3-8)21-14-13(20)12(19)11(18)10(6-16)22-14/h2-5,10-14,16,18-20H,6H2,1H3,(H,15,17)/t10-,11-,12?,13+,14+/m1/s1. The van der Waals surface area contributed by atoms with E-state index in [4.69, 9.17) is 14.6 Å². The highest BCUT2D eigenvalue weighted by molar-refractivity contribution is 5.88. The molecule has 1 aromatic rings. The number of rotatable bonds is 4. The highest BCUT2D eigenvalue weighted by atomic mass is 16.7. The van der Waals surface area contributed by atoms with Gasteiger partial charge in [-0.25, -0.2) is 0 Å². The maximum Gasteiger partial charge on any atom is 0.229 e. The molecule has 0 bridgehead atoms. The van der Waals surface area contributed by atoms with Crippen molar-refractivity contribution in [1.29, 1.82) is 0 Å². The first-order valence-electron chi connectivity index (χ1n) is 6.77. The molecule has 1 aliphatic rings. The summed E-state index contributed by atoms with van der Waals surface area (Å²) in [7, 11) is 0. The second-order valence-electron chi connectivity index (χ2n) is 5.02. The van der Waals surface area contributed by atoms with E-state index in [1.165, 1.54) is 6.92 Å². The number of aliphatic hydroxyl groups is 4. The third-order valence-corrected chi connectivity index (χ3v) is 3.28. The van der Waals surface area contributed by atoms with Crippen molar-refractivity contribution < 1.29 is 34.7 Å². The number of aliphatic hydroxyl groups excluding tert-OH is 4. The zero-order chi connectivity index (χ0) is 16.3. The number of nitrogens with one attached hydrogen (secondary N) is 1. The minimum atomic E-state index is -1.49. The van der Waals surface area contributed by atoms with E-state index in [0.717, 1.165) is 0 Å². The minimum Gasteiger partial charge on any atom is -0.462 e. The van der Waals surface area contributed by atoms with Crippen molar-refractivity contribution in [3.8, 4) is 5.75 Å². The molecule has 5 N–H and O–H groups in total. The Balaban J connectivity index is 2.04. The van der Waals surface area contributed by atoms with Crippen LogP contribution in [0.5, 0.6) is 5.75 Å². The van der Waals surface area contributed by atoms with Crippen molar-refractivity contribution in [3.05, 3.63) is 24.3 Å². The molecule has 2 rings (SSSR count). The molecule has 0 radical (unpaired) electrons. The summed E-state index contributed by atoms with van der Waals surface area (Å²) in [5.41, 5.74) is 0.577. The molecular weight excluding hydrogens is 294 g/mol. The molecular formula is C14H19NO7. The van der Waals surface area contributed by atoms with Crippen molar-refractivity contribution in [2.45, 2.75) is 37.6 Å². The normalized spacial score (nSPS) is 31.6. The summed E-state index contributed by atoms with van der Waals surface area (Å²) in [4.78, 5) is 10.9. The third kappa shape index (κ3) is 3.73. The Bertz CT molecular complexity index is 504. The molecule has 1 amide bonds. The Hall–Kier alpha value is -1.71.